The highest BCUT2D eigenvalue weighted by molar-refractivity contribution is 5.29. The molecule has 0 atom stereocenters. The van der Waals surface area contributed by atoms with Crippen LogP contribution in [0.4, 0.5) is 0 Å². The zero-order chi connectivity index (χ0) is 7.90. The van der Waals surface area contributed by atoms with Crippen LogP contribution in [-0.4, -0.2) is 5.11 Å². The average Bonchev–Trinajstić information content (AvgIpc) is 2.70. The molecule has 2 rings (SSSR count). The van der Waals surface area contributed by atoms with E-state index in [4.69, 9.17) is 0 Å². The Kier molecular flexibility index (Phi) is 1.30. The Morgan fingerprint density at radius 2 is 1.73 bits per heavy atom. The topological polar surface area (TPSA) is 20.2 Å². The van der Waals surface area contributed by atoms with Crippen molar-refractivity contribution in [2.45, 2.75) is 25.4 Å². The summed E-state index contributed by atoms with van der Waals surface area (Å²) < 4.78 is 0. The fourth-order valence-corrected chi connectivity index (χ4v) is 1.27. The van der Waals surface area contributed by atoms with Gasteiger partial charge >= 0.3 is 0 Å². The van der Waals surface area contributed by atoms with E-state index < -0.39 is 5.60 Å². The molecule has 1 aliphatic rings. The van der Waals surface area contributed by atoms with Crippen LogP contribution in [0.5, 0.6) is 0 Å². The van der Waals surface area contributed by atoms with E-state index in [0.29, 0.717) is 0 Å². The molecule has 1 N–H and O–H groups in total. The number of aryl methyl sites for hydroxylation is 1. The zero-order valence-electron chi connectivity index (χ0n) is 6.67. The van der Waals surface area contributed by atoms with Crippen LogP contribution in [0.25, 0.3) is 0 Å². The molecule has 0 aliphatic heterocycles. The molecule has 0 saturated heterocycles. The van der Waals surface area contributed by atoms with E-state index in [2.05, 4.69) is 6.92 Å². The Bertz CT molecular complexity index is 257. The molecule has 1 nitrogen and oxygen atoms in total. The predicted octanol–water partition coefficient (Wildman–Crippen LogP) is 1.98. The van der Waals surface area contributed by atoms with Gasteiger partial charge in [-0.25, -0.2) is 0 Å². The first-order valence-electron chi connectivity index (χ1n) is 4.00. The lowest BCUT2D eigenvalue weighted by atomic mass is 10.1. The van der Waals surface area contributed by atoms with E-state index in [-0.39, 0.29) is 0 Å². The second-order valence-electron chi connectivity index (χ2n) is 3.40. The third kappa shape index (κ3) is 1.16. The number of aliphatic hydroxyl groups is 1. The maximum Gasteiger partial charge on any atom is 0.0899 e. The second-order valence-corrected chi connectivity index (χ2v) is 3.40. The van der Waals surface area contributed by atoms with Crippen molar-refractivity contribution < 1.29 is 5.11 Å². The molecule has 1 saturated carbocycles. The van der Waals surface area contributed by atoms with Crippen LogP contribution >= 0.6 is 0 Å². The summed E-state index contributed by atoms with van der Waals surface area (Å²) in [4.78, 5) is 0. The van der Waals surface area contributed by atoms with Gasteiger partial charge in [-0.05, 0) is 25.3 Å². The van der Waals surface area contributed by atoms with Crippen molar-refractivity contribution in [3.63, 3.8) is 0 Å². The molecule has 0 heterocycles. The highest BCUT2D eigenvalue weighted by Gasteiger charge is 2.41. The summed E-state index contributed by atoms with van der Waals surface area (Å²) >= 11 is 0. The van der Waals surface area contributed by atoms with Crippen LogP contribution in [0.1, 0.15) is 24.0 Å². The van der Waals surface area contributed by atoms with Crippen molar-refractivity contribution >= 4 is 0 Å². The van der Waals surface area contributed by atoms with E-state index >= 15 is 0 Å². The van der Waals surface area contributed by atoms with Gasteiger partial charge in [0.05, 0.1) is 5.60 Å². The van der Waals surface area contributed by atoms with Gasteiger partial charge < -0.3 is 5.11 Å². The fourth-order valence-electron chi connectivity index (χ4n) is 1.27. The smallest absolute Gasteiger partial charge is 0.0899 e. The number of hydrogen-bond donors (Lipinski definition) is 1. The SMILES string of the molecule is Cc1ccc(C2(O)CC2)cc1. The summed E-state index contributed by atoms with van der Waals surface area (Å²) in [6.45, 7) is 2.06. The largest absolute Gasteiger partial charge is 0.385 e. The minimum atomic E-state index is -0.465. The highest BCUT2D eigenvalue weighted by atomic mass is 16.3. The van der Waals surface area contributed by atoms with E-state index in [1.165, 1.54) is 5.56 Å². The van der Waals surface area contributed by atoms with Gasteiger partial charge in [-0.2, -0.15) is 0 Å². The van der Waals surface area contributed by atoms with Gasteiger partial charge in [-0.3, -0.25) is 0 Å². The molecule has 1 aromatic rings. The van der Waals surface area contributed by atoms with Crippen molar-refractivity contribution in [1.29, 1.82) is 0 Å². The summed E-state index contributed by atoms with van der Waals surface area (Å²) in [7, 11) is 0. The maximum atomic E-state index is 9.69. The van der Waals surface area contributed by atoms with Gasteiger partial charge in [0.1, 0.15) is 0 Å². The van der Waals surface area contributed by atoms with Gasteiger partial charge in [0.25, 0.3) is 0 Å². The van der Waals surface area contributed by atoms with Crippen LogP contribution in [0, 0.1) is 6.92 Å². The Hall–Kier alpha value is -0.820. The molecule has 0 bridgehead atoms. The van der Waals surface area contributed by atoms with E-state index in [1.54, 1.807) is 0 Å². The molecule has 11 heavy (non-hydrogen) atoms. The molecule has 0 amide bonds. The number of rotatable bonds is 1. The van der Waals surface area contributed by atoms with E-state index in [1.807, 2.05) is 24.3 Å². The number of hydrogen-bond acceptors (Lipinski definition) is 1. The molecule has 0 unspecified atom stereocenters. The first-order valence-corrected chi connectivity index (χ1v) is 4.00. The van der Waals surface area contributed by atoms with Crippen molar-refractivity contribution in [2.75, 3.05) is 0 Å². The van der Waals surface area contributed by atoms with Gasteiger partial charge in [0.2, 0.25) is 0 Å². The first kappa shape index (κ1) is 6.86. The lowest BCUT2D eigenvalue weighted by Gasteiger charge is -2.06. The van der Waals surface area contributed by atoms with Gasteiger partial charge in [0, 0.05) is 0 Å². The molecular weight excluding hydrogens is 136 g/mol. The molecule has 0 spiro atoms. The van der Waals surface area contributed by atoms with Crippen molar-refractivity contribution in [3.8, 4) is 0 Å². The van der Waals surface area contributed by atoms with Crippen LogP contribution in [0.2, 0.25) is 0 Å². The Labute approximate surface area is 66.7 Å². The summed E-state index contributed by atoms with van der Waals surface area (Å²) in [6, 6.07) is 8.13. The highest BCUT2D eigenvalue weighted by Crippen LogP contribution is 2.44. The summed E-state index contributed by atoms with van der Waals surface area (Å²) in [5.41, 5.74) is 1.86. The average molecular weight is 148 g/mol. The molecule has 1 heteroatoms. The standard InChI is InChI=1S/C10H12O/c1-8-2-4-9(5-3-8)10(11)6-7-10/h2-5,11H,6-7H2,1H3. The second kappa shape index (κ2) is 2.08. The quantitative estimate of drug-likeness (QED) is 0.645. The normalized spacial score (nSPS) is 19.8. The maximum absolute atomic E-state index is 9.69. The fraction of sp³-hybridized carbons (Fsp3) is 0.400. The molecule has 0 aromatic heterocycles. The Morgan fingerprint density at radius 3 is 2.18 bits per heavy atom. The summed E-state index contributed by atoms with van der Waals surface area (Å²) in [5.74, 6) is 0. The summed E-state index contributed by atoms with van der Waals surface area (Å²) in [5, 5.41) is 9.69. The zero-order valence-corrected chi connectivity index (χ0v) is 6.67. The van der Waals surface area contributed by atoms with Crippen molar-refractivity contribution in [1.82, 2.24) is 0 Å². The monoisotopic (exact) mass is 148 g/mol. The lowest BCUT2D eigenvalue weighted by Crippen LogP contribution is -2.03. The minimum Gasteiger partial charge on any atom is -0.385 e. The lowest BCUT2D eigenvalue weighted by molar-refractivity contribution is 0.151. The van der Waals surface area contributed by atoms with Crippen LogP contribution in [-0.2, 0) is 5.60 Å². The first-order chi connectivity index (χ1) is 5.21. The summed E-state index contributed by atoms with van der Waals surface area (Å²) in [6.07, 6.45) is 1.85. The molecule has 1 aliphatic carbocycles. The molecule has 1 aromatic carbocycles. The third-order valence-electron chi connectivity index (χ3n) is 2.31. The van der Waals surface area contributed by atoms with Crippen LogP contribution in [0.3, 0.4) is 0 Å². The van der Waals surface area contributed by atoms with Crippen LogP contribution < -0.4 is 0 Å². The predicted molar refractivity (Wildman–Crippen MR) is 44.3 cm³/mol. The molecule has 0 radical (unpaired) electrons. The van der Waals surface area contributed by atoms with Crippen molar-refractivity contribution in [3.05, 3.63) is 35.4 Å². The molecular formula is C10H12O. The Morgan fingerprint density at radius 1 is 1.18 bits per heavy atom. The molecule has 58 valence electrons. The Balaban J connectivity index is 2.33. The van der Waals surface area contributed by atoms with E-state index in [0.717, 1.165) is 18.4 Å². The van der Waals surface area contributed by atoms with E-state index in [9.17, 15) is 5.11 Å². The number of benzene rings is 1. The van der Waals surface area contributed by atoms with Crippen molar-refractivity contribution in [2.24, 2.45) is 0 Å². The third-order valence-corrected chi connectivity index (χ3v) is 2.31. The van der Waals surface area contributed by atoms with Crippen LogP contribution in [0.15, 0.2) is 24.3 Å². The van der Waals surface area contributed by atoms with Gasteiger partial charge in [-0.1, -0.05) is 29.8 Å². The minimum absolute atomic E-state index is 0.465. The van der Waals surface area contributed by atoms with Gasteiger partial charge in [0.15, 0.2) is 0 Å². The molecule has 1 fully saturated rings. The van der Waals surface area contributed by atoms with Gasteiger partial charge in [-0.15, -0.1) is 0 Å².